The van der Waals surface area contributed by atoms with Crippen molar-refractivity contribution in [3.05, 3.63) is 24.2 Å². The fraction of sp³-hybridized carbons (Fsp3) is 0.727. The maximum absolute atomic E-state index is 12.1. The average molecular weight is 531 g/mol. The number of likely N-dealkylation sites (N-methyl/N-ethyl adjacent to an activating group) is 1. The second kappa shape index (κ2) is 13.2. The first-order chi connectivity index (χ1) is 14.1. The lowest BCUT2D eigenvalue weighted by Crippen LogP contribution is -2.48. The van der Waals surface area contributed by atoms with Gasteiger partial charge < -0.3 is 20.0 Å². The Kier molecular flexibility index (Phi) is 11.0. The van der Waals surface area contributed by atoms with Gasteiger partial charge in [0.2, 0.25) is 5.91 Å². The van der Waals surface area contributed by atoms with Gasteiger partial charge in [0.15, 0.2) is 5.96 Å². The lowest BCUT2D eigenvalue weighted by Gasteiger charge is -2.34. The molecule has 3 rings (SSSR count). The third-order valence-electron chi connectivity index (χ3n) is 5.98. The van der Waals surface area contributed by atoms with Gasteiger partial charge in [-0.2, -0.15) is 0 Å². The van der Waals surface area contributed by atoms with Crippen molar-refractivity contribution < 1.29 is 9.21 Å². The molecule has 1 aliphatic heterocycles. The van der Waals surface area contributed by atoms with E-state index in [1.54, 1.807) is 25.3 Å². The molecule has 170 valence electrons. The summed E-state index contributed by atoms with van der Waals surface area (Å²) >= 11 is 0. The average Bonchev–Trinajstić information content (AvgIpc) is 3.27. The van der Waals surface area contributed by atoms with Crippen molar-refractivity contribution in [3.63, 3.8) is 0 Å². The second-order valence-electron chi connectivity index (χ2n) is 8.44. The molecule has 7 nitrogen and oxygen atoms in total. The number of hydrogen-bond donors (Lipinski definition) is 2. The molecule has 1 amide bonds. The van der Waals surface area contributed by atoms with Gasteiger partial charge in [-0.05, 0) is 50.9 Å². The Bertz CT molecular complexity index is 638. The molecule has 1 saturated carbocycles. The molecule has 0 aromatic carbocycles. The number of rotatable bonds is 7. The van der Waals surface area contributed by atoms with Crippen LogP contribution in [-0.2, 0) is 4.79 Å². The highest BCUT2D eigenvalue weighted by Crippen LogP contribution is 2.24. The maximum atomic E-state index is 12.1. The number of carbonyl (C=O) groups is 1. The fourth-order valence-corrected chi connectivity index (χ4v) is 4.19. The molecule has 1 aromatic rings. The van der Waals surface area contributed by atoms with Crippen LogP contribution in [0.15, 0.2) is 27.8 Å². The number of carbonyl (C=O) groups excluding carboxylic acids is 1. The number of nitrogens with one attached hydrogen (secondary N) is 2. The number of halogens is 1. The molecule has 1 atom stereocenters. The quantitative estimate of drug-likeness (QED) is 0.321. The van der Waals surface area contributed by atoms with E-state index in [0.717, 1.165) is 37.7 Å². The van der Waals surface area contributed by atoms with Gasteiger partial charge in [0.05, 0.1) is 12.3 Å². The van der Waals surface area contributed by atoms with E-state index in [1.165, 1.54) is 38.5 Å². The Hall–Kier alpha value is -1.29. The van der Waals surface area contributed by atoms with E-state index in [0.29, 0.717) is 12.6 Å². The van der Waals surface area contributed by atoms with Crippen LogP contribution in [-0.4, -0.2) is 68.0 Å². The van der Waals surface area contributed by atoms with Crippen LogP contribution in [0.2, 0.25) is 0 Å². The van der Waals surface area contributed by atoms with E-state index in [9.17, 15) is 4.79 Å². The standard InChI is InChI=1S/C22H37N5O2.HI/c1-26(2)21(28)17-24-22(25-18-10-5-3-6-11-18)23-16-19(20-12-9-15-29-20)27-13-7-4-8-14-27;/h9,12,15,18-19H,3-8,10-11,13-14,16-17H2,1-2H3,(H2,23,24,25);1H. The molecule has 0 radical (unpaired) electrons. The smallest absolute Gasteiger partial charge is 0.243 e. The van der Waals surface area contributed by atoms with Crippen LogP contribution in [0.3, 0.4) is 0 Å². The van der Waals surface area contributed by atoms with Gasteiger partial charge in [0.1, 0.15) is 12.3 Å². The van der Waals surface area contributed by atoms with Crippen molar-refractivity contribution in [1.29, 1.82) is 0 Å². The molecule has 1 saturated heterocycles. The lowest BCUT2D eigenvalue weighted by atomic mass is 9.96. The van der Waals surface area contributed by atoms with Crippen molar-refractivity contribution in [1.82, 2.24) is 20.4 Å². The summed E-state index contributed by atoms with van der Waals surface area (Å²) in [6.07, 6.45) is 11.7. The van der Waals surface area contributed by atoms with Crippen LogP contribution < -0.4 is 10.6 Å². The molecule has 2 fully saturated rings. The van der Waals surface area contributed by atoms with E-state index < -0.39 is 0 Å². The molecule has 0 spiro atoms. The third-order valence-corrected chi connectivity index (χ3v) is 5.98. The summed E-state index contributed by atoms with van der Waals surface area (Å²) < 4.78 is 5.76. The summed E-state index contributed by atoms with van der Waals surface area (Å²) in [6, 6.07) is 4.62. The first-order valence-corrected chi connectivity index (χ1v) is 11.2. The second-order valence-corrected chi connectivity index (χ2v) is 8.44. The molecule has 2 N–H and O–H groups in total. The predicted molar refractivity (Wildman–Crippen MR) is 131 cm³/mol. The van der Waals surface area contributed by atoms with Gasteiger partial charge in [-0.25, -0.2) is 4.99 Å². The number of hydrogen-bond acceptors (Lipinski definition) is 4. The highest BCUT2D eigenvalue weighted by Gasteiger charge is 2.25. The Morgan fingerprint density at radius 2 is 1.90 bits per heavy atom. The summed E-state index contributed by atoms with van der Waals surface area (Å²) in [5.74, 6) is 1.73. The molecule has 0 bridgehead atoms. The molecule has 2 heterocycles. The van der Waals surface area contributed by atoms with Crippen LogP contribution in [0.1, 0.15) is 63.2 Å². The number of furan rings is 1. The zero-order valence-electron chi connectivity index (χ0n) is 18.4. The number of aliphatic imine (C=N–C) groups is 1. The minimum Gasteiger partial charge on any atom is -0.468 e. The summed E-state index contributed by atoms with van der Waals surface area (Å²) in [7, 11) is 3.53. The van der Waals surface area contributed by atoms with Gasteiger partial charge in [-0.1, -0.05) is 25.7 Å². The number of piperidine rings is 1. The topological polar surface area (TPSA) is 73.1 Å². The zero-order valence-corrected chi connectivity index (χ0v) is 20.8. The third kappa shape index (κ3) is 7.76. The highest BCUT2D eigenvalue weighted by molar-refractivity contribution is 14.0. The van der Waals surface area contributed by atoms with E-state index in [4.69, 9.17) is 4.42 Å². The van der Waals surface area contributed by atoms with Gasteiger partial charge in [-0.3, -0.25) is 9.69 Å². The van der Waals surface area contributed by atoms with Crippen molar-refractivity contribution in [2.45, 2.75) is 63.5 Å². The highest BCUT2D eigenvalue weighted by atomic mass is 127. The van der Waals surface area contributed by atoms with E-state index in [1.807, 2.05) is 6.07 Å². The van der Waals surface area contributed by atoms with Crippen LogP contribution in [0.25, 0.3) is 0 Å². The van der Waals surface area contributed by atoms with Crippen molar-refractivity contribution >= 4 is 35.8 Å². The fourth-order valence-electron chi connectivity index (χ4n) is 4.19. The van der Waals surface area contributed by atoms with Crippen molar-refractivity contribution in [3.8, 4) is 0 Å². The van der Waals surface area contributed by atoms with Crippen LogP contribution in [0.4, 0.5) is 0 Å². The molecule has 2 aliphatic rings. The number of guanidine groups is 1. The first-order valence-electron chi connectivity index (χ1n) is 11.2. The Labute approximate surface area is 198 Å². The van der Waals surface area contributed by atoms with E-state index in [-0.39, 0.29) is 42.5 Å². The van der Waals surface area contributed by atoms with Gasteiger partial charge in [0, 0.05) is 26.7 Å². The van der Waals surface area contributed by atoms with Gasteiger partial charge >= 0.3 is 0 Å². The molecule has 1 aromatic heterocycles. The van der Waals surface area contributed by atoms with Gasteiger partial charge in [-0.15, -0.1) is 24.0 Å². The van der Waals surface area contributed by atoms with Crippen LogP contribution >= 0.6 is 24.0 Å². The minimum atomic E-state index is 0. The predicted octanol–water partition coefficient (Wildman–Crippen LogP) is 3.38. The lowest BCUT2D eigenvalue weighted by molar-refractivity contribution is -0.127. The first kappa shape index (κ1) is 25.0. The molecule has 30 heavy (non-hydrogen) atoms. The minimum absolute atomic E-state index is 0. The Morgan fingerprint density at radius 1 is 1.20 bits per heavy atom. The molecule has 1 aliphatic carbocycles. The summed E-state index contributed by atoms with van der Waals surface area (Å²) in [6.45, 7) is 3.05. The molecule has 1 unspecified atom stereocenters. The zero-order chi connectivity index (χ0) is 20.5. The number of nitrogens with zero attached hydrogens (tertiary/aromatic N) is 3. The normalized spacial score (nSPS) is 19.6. The van der Waals surface area contributed by atoms with Crippen LogP contribution in [0.5, 0.6) is 0 Å². The van der Waals surface area contributed by atoms with E-state index in [2.05, 4.69) is 26.6 Å². The summed E-state index contributed by atoms with van der Waals surface area (Å²) in [5, 5.41) is 7.09. The number of likely N-dealkylation sites (tertiary alicyclic amines) is 1. The van der Waals surface area contributed by atoms with Gasteiger partial charge in [0.25, 0.3) is 0 Å². The van der Waals surface area contributed by atoms with Crippen LogP contribution in [0, 0.1) is 0 Å². The van der Waals surface area contributed by atoms with Crippen molar-refractivity contribution in [2.75, 3.05) is 40.3 Å². The molecular weight excluding hydrogens is 493 g/mol. The Balaban J connectivity index is 0.00000320. The SMILES string of the molecule is CN(C)C(=O)CN=C(NCC(c1ccco1)N1CCCCC1)NC1CCCCC1.I. The monoisotopic (exact) mass is 531 g/mol. The van der Waals surface area contributed by atoms with E-state index >= 15 is 0 Å². The largest absolute Gasteiger partial charge is 0.468 e. The number of amides is 1. The summed E-state index contributed by atoms with van der Waals surface area (Å²) in [5.41, 5.74) is 0. The Morgan fingerprint density at radius 3 is 2.53 bits per heavy atom. The van der Waals surface area contributed by atoms with Crippen molar-refractivity contribution in [2.24, 2.45) is 4.99 Å². The molecule has 8 heteroatoms. The summed E-state index contributed by atoms with van der Waals surface area (Å²) in [4.78, 5) is 20.7. The molecular formula is C22H38IN5O2. The maximum Gasteiger partial charge on any atom is 0.243 e.